The van der Waals surface area contributed by atoms with Gasteiger partial charge in [-0.3, -0.25) is 9.59 Å². The van der Waals surface area contributed by atoms with Crippen LogP contribution in [0.15, 0.2) is 18.2 Å². The van der Waals surface area contributed by atoms with Crippen LogP contribution >= 0.6 is 11.6 Å². The van der Waals surface area contributed by atoms with Gasteiger partial charge in [0.25, 0.3) is 5.91 Å². The minimum atomic E-state index is -0.634. The molecule has 1 aromatic rings. The molecule has 0 bridgehead atoms. The lowest BCUT2D eigenvalue weighted by molar-refractivity contribution is -0.115. The molecule has 0 aliphatic rings. The molecule has 2 amide bonds. The van der Waals surface area contributed by atoms with Gasteiger partial charge < -0.3 is 15.8 Å². The first-order valence-electron chi connectivity index (χ1n) is 4.92. The van der Waals surface area contributed by atoms with Gasteiger partial charge in [0, 0.05) is 12.3 Å². The van der Waals surface area contributed by atoms with Crippen LogP contribution in [0.2, 0.25) is 0 Å². The number of primary amides is 1. The third-order valence-electron chi connectivity index (χ3n) is 2.10. The van der Waals surface area contributed by atoms with Crippen molar-refractivity contribution >= 4 is 29.1 Å². The van der Waals surface area contributed by atoms with Crippen molar-refractivity contribution in [2.45, 2.75) is 6.42 Å². The first-order valence-corrected chi connectivity index (χ1v) is 5.46. The van der Waals surface area contributed by atoms with Gasteiger partial charge in [-0.2, -0.15) is 0 Å². The number of para-hydroxylation sites is 1. The van der Waals surface area contributed by atoms with Crippen molar-refractivity contribution < 1.29 is 14.3 Å². The summed E-state index contributed by atoms with van der Waals surface area (Å²) in [6, 6.07) is 4.76. The summed E-state index contributed by atoms with van der Waals surface area (Å²) in [5.74, 6) is -0.353. The third kappa shape index (κ3) is 3.35. The Labute approximate surface area is 104 Å². The molecule has 0 unspecified atom stereocenters. The molecule has 0 spiro atoms. The Morgan fingerprint density at radius 3 is 2.71 bits per heavy atom. The smallest absolute Gasteiger partial charge is 0.250 e. The number of nitrogens with one attached hydrogen (secondary N) is 1. The summed E-state index contributed by atoms with van der Waals surface area (Å²) >= 11 is 5.45. The quantitative estimate of drug-likeness (QED) is 0.781. The van der Waals surface area contributed by atoms with Gasteiger partial charge in [0.1, 0.15) is 5.75 Å². The van der Waals surface area contributed by atoms with Crippen LogP contribution in [0.4, 0.5) is 5.69 Å². The fourth-order valence-corrected chi connectivity index (χ4v) is 1.49. The molecule has 17 heavy (non-hydrogen) atoms. The molecule has 0 aromatic heterocycles. The molecule has 0 aliphatic heterocycles. The van der Waals surface area contributed by atoms with Crippen molar-refractivity contribution in [3.8, 4) is 5.75 Å². The molecule has 0 radical (unpaired) electrons. The SMILES string of the molecule is COc1cccc(C(N)=O)c1NC(=O)CCCl. The third-order valence-corrected chi connectivity index (χ3v) is 2.29. The number of carbonyl (C=O) groups is 2. The summed E-state index contributed by atoms with van der Waals surface area (Å²) in [4.78, 5) is 22.7. The number of methoxy groups -OCH3 is 1. The maximum absolute atomic E-state index is 11.5. The number of hydrogen-bond acceptors (Lipinski definition) is 3. The predicted octanol–water partition coefficient (Wildman–Crippen LogP) is 1.36. The van der Waals surface area contributed by atoms with Crippen LogP contribution in [0.3, 0.4) is 0 Å². The number of hydrogen-bond donors (Lipinski definition) is 2. The molecule has 5 nitrogen and oxygen atoms in total. The first-order chi connectivity index (χ1) is 8.10. The van der Waals surface area contributed by atoms with Gasteiger partial charge in [-0.05, 0) is 12.1 Å². The Kier molecular flexibility index (Phi) is 4.78. The number of nitrogens with two attached hydrogens (primary N) is 1. The molecule has 0 saturated heterocycles. The Bertz CT molecular complexity index is 435. The maximum Gasteiger partial charge on any atom is 0.250 e. The van der Waals surface area contributed by atoms with Crippen LogP contribution in [0.5, 0.6) is 5.75 Å². The maximum atomic E-state index is 11.5. The Morgan fingerprint density at radius 1 is 1.47 bits per heavy atom. The number of anilines is 1. The highest BCUT2D eigenvalue weighted by atomic mass is 35.5. The second-order valence-electron chi connectivity index (χ2n) is 3.23. The van der Waals surface area contributed by atoms with Crippen molar-refractivity contribution in [1.29, 1.82) is 0 Å². The number of amides is 2. The van der Waals surface area contributed by atoms with Crippen molar-refractivity contribution in [2.75, 3.05) is 18.3 Å². The highest BCUT2D eigenvalue weighted by Gasteiger charge is 2.15. The van der Waals surface area contributed by atoms with Crippen LogP contribution in [-0.2, 0) is 4.79 Å². The van der Waals surface area contributed by atoms with Gasteiger partial charge in [0.15, 0.2) is 0 Å². The Hall–Kier alpha value is -1.75. The van der Waals surface area contributed by atoms with Crippen LogP contribution in [-0.4, -0.2) is 24.8 Å². The molecule has 0 aliphatic carbocycles. The molecular weight excluding hydrogens is 244 g/mol. The molecule has 0 fully saturated rings. The highest BCUT2D eigenvalue weighted by Crippen LogP contribution is 2.28. The van der Waals surface area contributed by atoms with E-state index in [0.29, 0.717) is 5.75 Å². The summed E-state index contributed by atoms with van der Waals surface area (Å²) in [5.41, 5.74) is 5.69. The van der Waals surface area contributed by atoms with E-state index in [-0.39, 0.29) is 29.5 Å². The van der Waals surface area contributed by atoms with Gasteiger partial charge in [0.2, 0.25) is 5.91 Å². The fourth-order valence-electron chi connectivity index (χ4n) is 1.32. The van der Waals surface area contributed by atoms with Crippen molar-refractivity contribution in [3.63, 3.8) is 0 Å². The lowest BCUT2D eigenvalue weighted by Crippen LogP contribution is -2.19. The number of rotatable bonds is 5. The Morgan fingerprint density at radius 2 is 2.18 bits per heavy atom. The zero-order valence-electron chi connectivity index (χ0n) is 9.33. The minimum absolute atomic E-state index is 0.151. The van der Waals surface area contributed by atoms with Gasteiger partial charge in [-0.1, -0.05) is 6.07 Å². The number of carbonyl (C=O) groups excluding carboxylic acids is 2. The first kappa shape index (κ1) is 13.3. The summed E-state index contributed by atoms with van der Waals surface area (Å²) in [7, 11) is 1.44. The molecular formula is C11H13ClN2O3. The van der Waals surface area contributed by atoms with Crippen molar-refractivity contribution in [2.24, 2.45) is 5.73 Å². The molecule has 0 saturated carbocycles. The lowest BCUT2D eigenvalue weighted by atomic mass is 10.1. The average Bonchev–Trinajstić information content (AvgIpc) is 2.29. The molecule has 1 aromatic carbocycles. The van der Waals surface area contributed by atoms with E-state index in [1.54, 1.807) is 12.1 Å². The normalized spacial score (nSPS) is 9.76. The van der Waals surface area contributed by atoms with Crippen LogP contribution in [0, 0.1) is 0 Å². The topological polar surface area (TPSA) is 81.4 Å². The highest BCUT2D eigenvalue weighted by molar-refractivity contribution is 6.19. The standard InChI is InChI=1S/C11H13ClN2O3/c1-17-8-4-2-3-7(11(13)16)10(8)14-9(15)5-6-12/h2-4H,5-6H2,1H3,(H2,13,16)(H,14,15). The molecule has 1 rings (SSSR count). The monoisotopic (exact) mass is 256 g/mol. The molecule has 0 heterocycles. The van der Waals surface area contributed by atoms with Gasteiger partial charge in [-0.25, -0.2) is 0 Å². The fraction of sp³-hybridized carbons (Fsp3) is 0.273. The second kappa shape index (κ2) is 6.10. The van der Waals surface area contributed by atoms with E-state index in [1.165, 1.54) is 13.2 Å². The van der Waals surface area contributed by atoms with E-state index in [2.05, 4.69) is 5.32 Å². The van der Waals surface area contributed by atoms with E-state index in [1.807, 2.05) is 0 Å². The molecule has 6 heteroatoms. The summed E-state index contributed by atoms with van der Waals surface area (Å²) in [5, 5.41) is 2.56. The number of ether oxygens (including phenoxy) is 1. The van der Waals surface area contributed by atoms with Crippen molar-refractivity contribution in [3.05, 3.63) is 23.8 Å². The second-order valence-corrected chi connectivity index (χ2v) is 3.61. The average molecular weight is 257 g/mol. The largest absolute Gasteiger partial charge is 0.495 e. The summed E-state index contributed by atoms with van der Waals surface area (Å²) in [6.07, 6.45) is 0.151. The van der Waals surface area contributed by atoms with Crippen LogP contribution in [0.1, 0.15) is 16.8 Å². The minimum Gasteiger partial charge on any atom is -0.495 e. The van der Waals surface area contributed by atoms with E-state index in [0.717, 1.165) is 0 Å². The van der Waals surface area contributed by atoms with Gasteiger partial charge >= 0.3 is 0 Å². The Balaban J connectivity index is 3.09. The lowest BCUT2D eigenvalue weighted by Gasteiger charge is -2.12. The summed E-state index contributed by atoms with van der Waals surface area (Å²) in [6.45, 7) is 0. The molecule has 3 N–H and O–H groups in total. The van der Waals surface area contributed by atoms with E-state index in [9.17, 15) is 9.59 Å². The predicted molar refractivity (Wildman–Crippen MR) is 65.5 cm³/mol. The molecule has 0 atom stereocenters. The van der Waals surface area contributed by atoms with Gasteiger partial charge in [-0.15, -0.1) is 11.6 Å². The number of benzene rings is 1. The van der Waals surface area contributed by atoms with Crippen LogP contribution < -0.4 is 15.8 Å². The van der Waals surface area contributed by atoms with E-state index in [4.69, 9.17) is 22.1 Å². The zero-order valence-corrected chi connectivity index (χ0v) is 10.1. The zero-order chi connectivity index (χ0) is 12.8. The van der Waals surface area contributed by atoms with Crippen LogP contribution in [0.25, 0.3) is 0 Å². The number of alkyl halides is 1. The van der Waals surface area contributed by atoms with E-state index < -0.39 is 5.91 Å². The van der Waals surface area contributed by atoms with E-state index >= 15 is 0 Å². The van der Waals surface area contributed by atoms with Crippen molar-refractivity contribution in [1.82, 2.24) is 0 Å². The van der Waals surface area contributed by atoms with Gasteiger partial charge in [0.05, 0.1) is 18.4 Å². The number of halogens is 1. The molecule has 92 valence electrons. The summed E-state index contributed by atoms with van der Waals surface area (Å²) < 4.78 is 5.06.